The summed E-state index contributed by atoms with van der Waals surface area (Å²) in [6.45, 7) is 3.56. The fourth-order valence-electron chi connectivity index (χ4n) is 3.53. The lowest BCUT2D eigenvalue weighted by atomic mass is 9.97. The topological polar surface area (TPSA) is 121 Å². The van der Waals surface area contributed by atoms with Crippen molar-refractivity contribution in [2.24, 2.45) is 5.92 Å². The minimum atomic E-state index is -4.14. The molecule has 2 amide bonds. The minimum Gasteiger partial charge on any atom is -0.349 e. The first-order chi connectivity index (χ1) is 15.6. The lowest BCUT2D eigenvalue weighted by Crippen LogP contribution is -2.56. The van der Waals surface area contributed by atoms with Crippen LogP contribution in [0.25, 0.3) is 0 Å². The summed E-state index contributed by atoms with van der Waals surface area (Å²) in [5, 5.41) is 5.10. The quantitative estimate of drug-likeness (QED) is 0.540. The molecule has 2 aromatic rings. The highest BCUT2D eigenvalue weighted by Crippen LogP contribution is 2.15. The third-order valence-electron chi connectivity index (χ3n) is 5.34. The second-order valence-corrected chi connectivity index (χ2v) is 9.97. The van der Waals surface area contributed by atoms with Crippen LogP contribution in [0.5, 0.6) is 0 Å². The number of hydrogen-bond donors (Lipinski definition) is 3. The molecule has 3 rings (SSSR count). The summed E-state index contributed by atoms with van der Waals surface area (Å²) < 4.78 is 41.0. The van der Waals surface area contributed by atoms with Crippen molar-refractivity contribution in [2.45, 2.75) is 43.7 Å². The van der Waals surface area contributed by atoms with Gasteiger partial charge < -0.3 is 10.6 Å². The van der Waals surface area contributed by atoms with Crippen LogP contribution in [0.1, 0.15) is 25.0 Å². The molecule has 0 aromatic heterocycles. The van der Waals surface area contributed by atoms with E-state index >= 15 is 0 Å². The van der Waals surface area contributed by atoms with E-state index in [1.807, 2.05) is 18.2 Å². The summed E-state index contributed by atoms with van der Waals surface area (Å²) in [7, 11) is -4.14. The van der Waals surface area contributed by atoms with Crippen LogP contribution in [0.2, 0.25) is 0 Å². The molecule has 3 N–H and O–H groups in total. The maximum Gasteiger partial charge on any atom is 0.289 e. The number of carbonyl (C=O) groups is 3. The largest absolute Gasteiger partial charge is 0.349 e. The molecule has 2 bridgehead atoms. The highest BCUT2D eigenvalue weighted by molar-refractivity contribution is 7.89. The summed E-state index contributed by atoms with van der Waals surface area (Å²) in [5.74, 6) is -3.43. The second kappa shape index (κ2) is 10.2. The molecule has 0 saturated carbocycles. The van der Waals surface area contributed by atoms with Crippen molar-refractivity contribution >= 4 is 27.6 Å². The number of sulfonamides is 1. The molecule has 8 nitrogen and oxygen atoms in total. The van der Waals surface area contributed by atoms with Gasteiger partial charge in [0.05, 0.1) is 4.90 Å². The molecule has 1 aliphatic heterocycles. The number of amides is 2. The number of Topliss-reactive ketones (excluding diaryl/α,β-unsaturated/α-hetero) is 1. The molecule has 2 atom stereocenters. The standard InChI is InChI=1S/C23H26FN3O5S/c1-14(2)20(27-33(31,32)18-8-6-17(24)7-9-18)22(29)26-19-13-16-5-3-4-15(12-16)10-11-25-23(30)21(19)28/h3-9,12,14,19-20,27H,10-11,13H2,1-2H3,(H,25,30)(H,26,29). The monoisotopic (exact) mass is 475 g/mol. The Bertz CT molecular complexity index is 1150. The minimum absolute atomic E-state index is 0.0847. The molecule has 176 valence electrons. The first-order valence-corrected chi connectivity index (χ1v) is 12.0. The SMILES string of the molecule is CC(C)C(NS(=O)(=O)c1ccc(F)cc1)C(=O)NC1Cc2cccc(c2)CCNC(=O)C1=O. The molecule has 2 unspecified atom stereocenters. The van der Waals surface area contributed by atoms with E-state index < -0.39 is 51.4 Å². The van der Waals surface area contributed by atoms with E-state index in [9.17, 15) is 27.2 Å². The smallest absolute Gasteiger partial charge is 0.289 e. The van der Waals surface area contributed by atoms with Crippen molar-refractivity contribution in [3.8, 4) is 0 Å². The lowest BCUT2D eigenvalue weighted by molar-refractivity contribution is -0.140. The molecule has 2 aromatic carbocycles. The average molecular weight is 476 g/mol. The van der Waals surface area contributed by atoms with Crippen LogP contribution in [0, 0.1) is 11.7 Å². The summed E-state index contributed by atoms with van der Waals surface area (Å²) in [6.07, 6.45) is 0.659. The third kappa shape index (κ3) is 6.23. The number of nitrogens with one attached hydrogen (secondary N) is 3. The van der Waals surface area contributed by atoms with Gasteiger partial charge in [0.2, 0.25) is 21.7 Å². The van der Waals surface area contributed by atoms with Gasteiger partial charge in [-0.1, -0.05) is 38.1 Å². The normalized spacial score (nSPS) is 17.9. The molecular formula is C23H26FN3O5S. The van der Waals surface area contributed by atoms with Crippen molar-refractivity contribution in [3.05, 3.63) is 65.5 Å². The molecule has 0 radical (unpaired) electrons. The number of hydrogen-bond acceptors (Lipinski definition) is 5. The summed E-state index contributed by atoms with van der Waals surface area (Å²) in [5.41, 5.74) is 1.76. The maximum absolute atomic E-state index is 13.2. The van der Waals surface area contributed by atoms with Gasteiger partial charge in [-0.25, -0.2) is 12.8 Å². The van der Waals surface area contributed by atoms with E-state index in [0.29, 0.717) is 6.42 Å². The van der Waals surface area contributed by atoms with Gasteiger partial charge in [0.1, 0.15) is 17.9 Å². The van der Waals surface area contributed by atoms with Crippen LogP contribution in [-0.4, -0.2) is 44.6 Å². The number of ketones is 1. The van der Waals surface area contributed by atoms with Crippen LogP contribution >= 0.6 is 0 Å². The van der Waals surface area contributed by atoms with Crippen LogP contribution in [0.3, 0.4) is 0 Å². The van der Waals surface area contributed by atoms with Gasteiger partial charge in [0.25, 0.3) is 5.91 Å². The maximum atomic E-state index is 13.2. The van der Waals surface area contributed by atoms with Gasteiger partial charge in [-0.3, -0.25) is 14.4 Å². The van der Waals surface area contributed by atoms with Crippen LogP contribution in [0.15, 0.2) is 53.4 Å². The van der Waals surface area contributed by atoms with Crippen molar-refractivity contribution in [2.75, 3.05) is 6.54 Å². The van der Waals surface area contributed by atoms with E-state index in [4.69, 9.17) is 0 Å². The second-order valence-electron chi connectivity index (χ2n) is 8.25. The van der Waals surface area contributed by atoms with E-state index in [0.717, 1.165) is 35.4 Å². The Balaban J connectivity index is 1.83. The zero-order chi connectivity index (χ0) is 24.2. The third-order valence-corrected chi connectivity index (χ3v) is 6.80. The zero-order valence-corrected chi connectivity index (χ0v) is 19.1. The lowest BCUT2D eigenvalue weighted by Gasteiger charge is -2.25. The molecule has 1 heterocycles. The number of carbonyl (C=O) groups excluding carboxylic acids is 3. The van der Waals surface area contributed by atoms with E-state index in [-0.39, 0.29) is 17.9 Å². The molecule has 1 aliphatic rings. The predicted molar refractivity (Wildman–Crippen MR) is 119 cm³/mol. The zero-order valence-electron chi connectivity index (χ0n) is 18.3. The highest BCUT2D eigenvalue weighted by Gasteiger charge is 2.33. The van der Waals surface area contributed by atoms with E-state index in [1.165, 1.54) is 0 Å². The van der Waals surface area contributed by atoms with E-state index in [1.54, 1.807) is 19.9 Å². The molecule has 33 heavy (non-hydrogen) atoms. The Hall–Kier alpha value is -3.11. The Kier molecular flexibility index (Phi) is 7.60. The summed E-state index contributed by atoms with van der Waals surface area (Å²) >= 11 is 0. The van der Waals surface area contributed by atoms with Crippen LogP contribution in [0.4, 0.5) is 4.39 Å². The molecule has 0 saturated heterocycles. The first-order valence-electron chi connectivity index (χ1n) is 10.5. The van der Waals surface area contributed by atoms with Crippen molar-refractivity contribution in [1.29, 1.82) is 0 Å². The molecular weight excluding hydrogens is 449 g/mol. The highest BCUT2D eigenvalue weighted by atomic mass is 32.2. The molecule has 0 fully saturated rings. The number of fused-ring (bicyclic) bond motifs is 2. The number of rotatable bonds is 6. The fourth-order valence-corrected chi connectivity index (χ4v) is 4.87. The molecule has 0 aliphatic carbocycles. The Labute approximate surface area is 192 Å². The Morgan fingerprint density at radius 3 is 2.42 bits per heavy atom. The Morgan fingerprint density at radius 1 is 1.09 bits per heavy atom. The number of benzene rings is 2. The van der Waals surface area contributed by atoms with Crippen LogP contribution < -0.4 is 15.4 Å². The predicted octanol–water partition coefficient (Wildman–Crippen LogP) is 1.10. The van der Waals surface area contributed by atoms with E-state index in [2.05, 4.69) is 15.4 Å². The fraction of sp³-hybridized carbons (Fsp3) is 0.348. The van der Waals surface area contributed by atoms with Gasteiger partial charge in [-0.15, -0.1) is 0 Å². The van der Waals surface area contributed by atoms with Gasteiger partial charge >= 0.3 is 0 Å². The Morgan fingerprint density at radius 2 is 1.76 bits per heavy atom. The van der Waals surface area contributed by atoms with Crippen molar-refractivity contribution < 1.29 is 27.2 Å². The molecule has 10 heteroatoms. The number of halogens is 1. The summed E-state index contributed by atoms with van der Waals surface area (Å²) in [4.78, 5) is 37.9. The average Bonchev–Trinajstić information content (AvgIpc) is 2.76. The van der Waals surface area contributed by atoms with Gasteiger partial charge in [0, 0.05) is 13.0 Å². The molecule has 0 spiro atoms. The van der Waals surface area contributed by atoms with Crippen LogP contribution in [-0.2, 0) is 37.2 Å². The van der Waals surface area contributed by atoms with Gasteiger partial charge in [-0.2, -0.15) is 4.72 Å². The summed E-state index contributed by atoms with van der Waals surface area (Å²) in [6, 6.07) is 9.25. The van der Waals surface area contributed by atoms with Gasteiger partial charge in [0.15, 0.2) is 0 Å². The van der Waals surface area contributed by atoms with Crippen molar-refractivity contribution in [1.82, 2.24) is 15.4 Å². The first kappa shape index (κ1) is 24.5. The van der Waals surface area contributed by atoms with Crippen molar-refractivity contribution in [3.63, 3.8) is 0 Å². The van der Waals surface area contributed by atoms with Gasteiger partial charge in [-0.05, 0) is 47.7 Å².